The zero-order valence-electron chi connectivity index (χ0n) is 9.91. The smallest absolute Gasteiger partial charge is 0.0224 e. The molecule has 1 N–H and O–H groups in total. The van der Waals surface area contributed by atoms with E-state index in [0.29, 0.717) is 0 Å². The number of nitrogens with zero attached hydrogens (tertiary/aromatic N) is 1. The molecule has 2 rings (SSSR count). The molecule has 1 aliphatic carbocycles. The van der Waals surface area contributed by atoms with Crippen molar-refractivity contribution in [2.24, 2.45) is 5.92 Å². The lowest BCUT2D eigenvalue weighted by Gasteiger charge is -2.40. The van der Waals surface area contributed by atoms with E-state index in [1.165, 1.54) is 38.8 Å². The Morgan fingerprint density at radius 3 is 2.87 bits per heavy atom. The van der Waals surface area contributed by atoms with Crippen LogP contribution >= 0.6 is 0 Å². The fourth-order valence-corrected chi connectivity index (χ4v) is 2.70. The highest BCUT2D eigenvalue weighted by Gasteiger charge is 2.36. The van der Waals surface area contributed by atoms with Crippen molar-refractivity contribution >= 4 is 0 Å². The molecule has 0 aromatic rings. The van der Waals surface area contributed by atoms with Gasteiger partial charge in [-0.1, -0.05) is 19.4 Å². The second-order valence-corrected chi connectivity index (χ2v) is 5.04. The molecule has 2 aliphatic rings. The van der Waals surface area contributed by atoms with Gasteiger partial charge in [-0.15, -0.1) is 6.58 Å². The van der Waals surface area contributed by atoms with Crippen LogP contribution in [0, 0.1) is 5.92 Å². The van der Waals surface area contributed by atoms with Crippen LogP contribution < -0.4 is 5.32 Å². The van der Waals surface area contributed by atoms with Crippen molar-refractivity contribution in [3.05, 3.63) is 12.7 Å². The van der Waals surface area contributed by atoms with Crippen LogP contribution in [-0.2, 0) is 0 Å². The highest BCUT2D eigenvalue weighted by atomic mass is 15.2. The summed E-state index contributed by atoms with van der Waals surface area (Å²) >= 11 is 0. The third-order valence-corrected chi connectivity index (χ3v) is 3.74. The molecule has 86 valence electrons. The second kappa shape index (κ2) is 5.13. The molecule has 0 bridgehead atoms. The minimum absolute atomic E-state index is 0.739. The number of rotatable bonds is 5. The van der Waals surface area contributed by atoms with E-state index in [-0.39, 0.29) is 0 Å². The lowest BCUT2D eigenvalue weighted by Crippen LogP contribution is -2.57. The summed E-state index contributed by atoms with van der Waals surface area (Å²) in [5.41, 5.74) is 0. The van der Waals surface area contributed by atoms with Crippen molar-refractivity contribution in [3.8, 4) is 0 Å². The topological polar surface area (TPSA) is 15.3 Å². The summed E-state index contributed by atoms with van der Waals surface area (Å²) in [4.78, 5) is 2.62. The molecule has 1 saturated heterocycles. The molecule has 0 aromatic heterocycles. The molecule has 2 unspecified atom stereocenters. The quantitative estimate of drug-likeness (QED) is 0.695. The van der Waals surface area contributed by atoms with E-state index in [1.54, 1.807) is 0 Å². The lowest BCUT2D eigenvalue weighted by molar-refractivity contribution is 0.129. The molecular weight excluding hydrogens is 184 g/mol. The van der Waals surface area contributed by atoms with Crippen LogP contribution in [0.2, 0.25) is 0 Å². The van der Waals surface area contributed by atoms with Gasteiger partial charge in [0, 0.05) is 31.7 Å². The van der Waals surface area contributed by atoms with Crippen LogP contribution in [0.25, 0.3) is 0 Å². The first-order valence-corrected chi connectivity index (χ1v) is 6.43. The summed E-state index contributed by atoms with van der Waals surface area (Å²) in [6.07, 6.45) is 7.54. The first-order valence-electron chi connectivity index (χ1n) is 6.43. The van der Waals surface area contributed by atoms with Gasteiger partial charge in [0.25, 0.3) is 0 Å². The predicted octanol–water partition coefficient (Wildman–Crippen LogP) is 2.02. The maximum absolute atomic E-state index is 3.87. The molecular formula is C13H24N2. The molecule has 2 heteroatoms. The Morgan fingerprint density at radius 2 is 2.27 bits per heavy atom. The zero-order chi connectivity index (χ0) is 10.7. The minimum atomic E-state index is 0.739. The summed E-state index contributed by atoms with van der Waals surface area (Å²) in [5.74, 6) is 0.972. The zero-order valence-corrected chi connectivity index (χ0v) is 9.91. The normalized spacial score (nSPS) is 32.9. The van der Waals surface area contributed by atoms with Gasteiger partial charge in [0.05, 0.1) is 0 Å². The number of piperazine rings is 1. The highest BCUT2D eigenvalue weighted by molar-refractivity contribution is 4.95. The Hall–Kier alpha value is -0.340. The van der Waals surface area contributed by atoms with E-state index in [2.05, 4.69) is 29.8 Å². The van der Waals surface area contributed by atoms with E-state index in [9.17, 15) is 0 Å². The summed E-state index contributed by atoms with van der Waals surface area (Å²) < 4.78 is 0. The Balaban J connectivity index is 1.88. The van der Waals surface area contributed by atoms with Gasteiger partial charge in [-0.05, 0) is 25.2 Å². The Labute approximate surface area is 93.7 Å². The summed E-state index contributed by atoms with van der Waals surface area (Å²) in [5, 5.41) is 3.73. The van der Waals surface area contributed by atoms with Gasteiger partial charge in [-0.2, -0.15) is 0 Å². The van der Waals surface area contributed by atoms with Gasteiger partial charge in [0.15, 0.2) is 0 Å². The summed E-state index contributed by atoms with van der Waals surface area (Å²) in [7, 11) is 0. The van der Waals surface area contributed by atoms with Crippen LogP contribution in [0.5, 0.6) is 0 Å². The van der Waals surface area contributed by atoms with E-state index < -0.39 is 0 Å². The van der Waals surface area contributed by atoms with Crippen molar-refractivity contribution in [2.75, 3.05) is 19.6 Å². The lowest BCUT2D eigenvalue weighted by atomic mass is 10.0. The molecule has 1 saturated carbocycles. The third kappa shape index (κ3) is 2.82. The van der Waals surface area contributed by atoms with E-state index >= 15 is 0 Å². The van der Waals surface area contributed by atoms with Gasteiger partial charge >= 0.3 is 0 Å². The monoisotopic (exact) mass is 208 g/mol. The third-order valence-electron chi connectivity index (χ3n) is 3.74. The van der Waals surface area contributed by atoms with Gasteiger partial charge in [-0.25, -0.2) is 0 Å². The summed E-state index contributed by atoms with van der Waals surface area (Å²) in [6, 6.07) is 1.50. The molecule has 2 nitrogen and oxygen atoms in total. The predicted molar refractivity (Wildman–Crippen MR) is 65.0 cm³/mol. The first-order chi connectivity index (χ1) is 7.35. The van der Waals surface area contributed by atoms with Gasteiger partial charge < -0.3 is 5.32 Å². The molecule has 0 aromatic carbocycles. The van der Waals surface area contributed by atoms with Gasteiger partial charge in [-0.3, -0.25) is 4.90 Å². The van der Waals surface area contributed by atoms with Crippen LogP contribution in [0.15, 0.2) is 12.7 Å². The van der Waals surface area contributed by atoms with Crippen molar-refractivity contribution in [1.29, 1.82) is 0 Å². The van der Waals surface area contributed by atoms with Crippen LogP contribution in [0.3, 0.4) is 0 Å². The van der Waals surface area contributed by atoms with E-state index in [4.69, 9.17) is 0 Å². The van der Waals surface area contributed by atoms with Crippen molar-refractivity contribution in [2.45, 2.75) is 44.7 Å². The molecule has 0 spiro atoms. The fraction of sp³-hybridized carbons (Fsp3) is 0.846. The fourth-order valence-electron chi connectivity index (χ4n) is 2.70. The first kappa shape index (κ1) is 11.2. The van der Waals surface area contributed by atoms with Crippen LogP contribution in [-0.4, -0.2) is 36.6 Å². The molecule has 2 atom stereocenters. The van der Waals surface area contributed by atoms with Crippen molar-refractivity contribution < 1.29 is 0 Å². The van der Waals surface area contributed by atoms with Gasteiger partial charge in [0.2, 0.25) is 0 Å². The van der Waals surface area contributed by atoms with Crippen molar-refractivity contribution in [3.63, 3.8) is 0 Å². The molecule has 15 heavy (non-hydrogen) atoms. The highest BCUT2D eigenvalue weighted by Crippen LogP contribution is 2.34. The average molecular weight is 208 g/mol. The second-order valence-electron chi connectivity index (χ2n) is 5.04. The number of nitrogens with one attached hydrogen (secondary N) is 1. The van der Waals surface area contributed by atoms with Gasteiger partial charge in [0.1, 0.15) is 0 Å². The standard InChI is InChI=1S/C13H24N2/c1-3-5-12-9-14-13(11-6-7-11)10-15(12)8-4-2/h4,11-14H,2-3,5-10H2,1H3. The van der Waals surface area contributed by atoms with Crippen molar-refractivity contribution in [1.82, 2.24) is 10.2 Å². The minimum Gasteiger partial charge on any atom is -0.311 e. The molecule has 0 radical (unpaired) electrons. The van der Waals surface area contributed by atoms with Crippen LogP contribution in [0.4, 0.5) is 0 Å². The average Bonchev–Trinajstić information content (AvgIpc) is 3.05. The number of hydrogen-bond acceptors (Lipinski definition) is 2. The number of hydrogen-bond donors (Lipinski definition) is 1. The summed E-state index contributed by atoms with van der Waals surface area (Å²) in [6.45, 7) is 9.64. The molecule has 1 heterocycles. The molecule has 2 fully saturated rings. The Kier molecular flexibility index (Phi) is 3.81. The SMILES string of the molecule is C=CCN1CC(C2CC2)NCC1CCC. The molecule has 1 aliphatic heterocycles. The van der Waals surface area contributed by atoms with E-state index in [0.717, 1.165) is 24.5 Å². The van der Waals surface area contributed by atoms with Crippen LogP contribution in [0.1, 0.15) is 32.6 Å². The maximum atomic E-state index is 3.87. The molecule has 0 amide bonds. The largest absolute Gasteiger partial charge is 0.311 e. The van der Waals surface area contributed by atoms with E-state index in [1.807, 2.05) is 0 Å². The Morgan fingerprint density at radius 1 is 1.47 bits per heavy atom. The maximum Gasteiger partial charge on any atom is 0.0224 e. The Bertz CT molecular complexity index is 211.